The van der Waals surface area contributed by atoms with Crippen LogP contribution in [0.25, 0.3) is 5.57 Å². The Morgan fingerprint density at radius 1 is 1.21 bits per heavy atom. The van der Waals surface area contributed by atoms with Gasteiger partial charge in [-0.2, -0.15) is 0 Å². The standard InChI is InChI=1S/C27H32BrN3O3/c1-4-9-22(20-13-15-23(28)16-14-20)18-29-19(2)24-12-8-17-31(24)26(32)25(30-27(33)34-3)21-10-6-5-7-11-21/h5-7,10-11,13-16,18,24-25H,4,8-9,12,17H2,1-3H3,(H,30,33)/b22-18+,29-19+/t24-,25+/m0/s1. The van der Waals surface area contributed by atoms with E-state index in [4.69, 9.17) is 9.73 Å². The van der Waals surface area contributed by atoms with E-state index in [1.165, 1.54) is 12.7 Å². The van der Waals surface area contributed by atoms with Crippen molar-refractivity contribution in [3.05, 3.63) is 76.4 Å². The number of ether oxygens (including phenoxy) is 1. The van der Waals surface area contributed by atoms with Gasteiger partial charge in [0.05, 0.1) is 13.2 Å². The molecule has 0 bridgehead atoms. The zero-order valence-corrected chi connectivity index (χ0v) is 21.5. The molecule has 2 aromatic rings. The highest BCUT2D eigenvalue weighted by Crippen LogP contribution is 2.26. The first-order valence-electron chi connectivity index (χ1n) is 11.6. The van der Waals surface area contributed by atoms with Gasteiger partial charge >= 0.3 is 6.09 Å². The van der Waals surface area contributed by atoms with Crippen LogP contribution in [-0.4, -0.2) is 42.3 Å². The van der Waals surface area contributed by atoms with Crippen molar-refractivity contribution in [1.82, 2.24) is 10.2 Å². The van der Waals surface area contributed by atoms with Gasteiger partial charge in [0.25, 0.3) is 0 Å². The van der Waals surface area contributed by atoms with E-state index in [9.17, 15) is 9.59 Å². The quantitative estimate of drug-likeness (QED) is 0.420. The maximum absolute atomic E-state index is 13.6. The molecule has 1 N–H and O–H groups in total. The van der Waals surface area contributed by atoms with Gasteiger partial charge in [-0.15, -0.1) is 0 Å². The molecular weight excluding hydrogens is 494 g/mol. The highest BCUT2D eigenvalue weighted by Gasteiger charge is 2.36. The first-order chi connectivity index (χ1) is 16.4. The lowest BCUT2D eigenvalue weighted by molar-refractivity contribution is -0.133. The van der Waals surface area contributed by atoms with Crippen LogP contribution in [0.1, 0.15) is 56.7 Å². The van der Waals surface area contributed by atoms with Crippen LogP contribution in [0.4, 0.5) is 4.79 Å². The minimum atomic E-state index is -0.809. The first-order valence-corrected chi connectivity index (χ1v) is 12.4. The SMILES string of the molecule is CCC/C(=C\N=C(/C)[C@@H]1CCCN1C(=O)[C@H](NC(=O)OC)c1ccccc1)c1ccc(Br)cc1. The normalized spacial score (nSPS) is 17.4. The van der Waals surface area contributed by atoms with Crippen molar-refractivity contribution in [3.63, 3.8) is 0 Å². The van der Waals surface area contributed by atoms with E-state index in [1.54, 1.807) is 0 Å². The van der Waals surface area contributed by atoms with E-state index in [2.05, 4.69) is 40.3 Å². The number of aliphatic imine (C=N–C) groups is 1. The first kappa shape index (κ1) is 25.7. The summed E-state index contributed by atoms with van der Waals surface area (Å²) in [6, 6.07) is 16.6. The van der Waals surface area contributed by atoms with Gasteiger partial charge < -0.3 is 15.0 Å². The Kier molecular flexibility index (Phi) is 9.45. The number of allylic oxidation sites excluding steroid dienone is 1. The molecule has 2 atom stereocenters. The molecule has 0 radical (unpaired) electrons. The summed E-state index contributed by atoms with van der Waals surface area (Å²) < 4.78 is 5.81. The third kappa shape index (κ3) is 6.56. The van der Waals surface area contributed by atoms with Crippen LogP contribution in [0.5, 0.6) is 0 Å². The van der Waals surface area contributed by atoms with Gasteiger partial charge in [-0.05, 0) is 55.0 Å². The van der Waals surface area contributed by atoms with Gasteiger partial charge in [-0.3, -0.25) is 9.79 Å². The number of hydrogen-bond donors (Lipinski definition) is 1. The smallest absolute Gasteiger partial charge is 0.407 e. The molecule has 1 heterocycles. The Hall–Kier alpha value is -2.93. The molecule has 0 unspecified atom stereocenters. The molecule has 2 amide bonds. The summed E-state index contributed by atoms with van der Waals surface area (Å²) in [5.74, 6) is -0.153. The third-order valence-electron chi connectivity index (χ3n) is 6.00. The van der Waals surface area contributed by atoms with Crippen LogP contribution in [0.3, 0.4) is 0 Å². The number of halogens is 1. The molecule has 34 heavy (non-hydrogen) atoms. The number of alkyl carbamates (subject to hydrolysis) is 1. The molecule has 1 aliphatic rings. The number of likely N-dealkylation sites (tertiary alicyclic amines) is 1. The number of carbonyl (C=O) groups excluding carboxylic acids is 2. The lowest BCUT2D eigenvalue weighted by Crippen LogP contribution is -2.46. The number of hydrogen-bond acceptors (Lipinski definition) is 4. The minimum absolute atomic E-state index is 0.109. The largest absolute Gasteiger partial charge is 0.453 e. The van der Waals surface area contributed by atoms with Crippen molar-refractivity contribution in [2.75, 3.05) is 13.7 Å². The zero-order chi connectivity index (χ0) is 24.5. The summed E-state index contributed by atoms with van der Waals surface area (Å²) >= 11 is 3.49. The Morgan fingerprint density at radius 2 is 1.91 bits per heavy atom. The van der Waals surface area contributed by atoms with Crippen molar-refractivity contribution in [3.8, 4) is 0 Å². The van der Waals surface area contributed by atoms with Crippen molar-refractivity contribution in [1.29, 1.82) is 0 Å². The van der Waals surface area contributed by atoms with E-state index < -0.39 is 12.1 Å². The van der Waals surface area contributed by atoms with Gasteiger partial charge in [-0.1, -0.05) is 71.7 Å². The highest BCUT2D eigenvalue weighted by atomic mass is 79.9. The lowest BCUT2D eigenvalue weighted by Gasteiger charge is -2.29. The summed E-state index contributed by atoms with van der Waals surface area (Å²) in [6.07, 6.45) is 4.97. The summed E-state index contributed by atoms with van der Waals surface area (Å²) in [5, 5.41) is 2.70. The van der Waals surface area contributed by atoms with Crippen LogP contribution in [-0.2, 0) is 9.53 Å². The van der Waals surface area contributed by atoms with Crippen molar-refractivity contribution < 1.29 is 14.3 Å². The van der Waals surface area contributed by atoms with Crippen LogP contribution >= 0.6 is 15.9 Å². The number of amides is 2. The zero-order valence-electron chi connectivity index (χ0n) is 20.0. The monoisotopic (exact) mass is 525 g/mol. The molecule has 3 rings (SSSR count). The molecule has 0 spiro atoms. The average molecular weight is 526 g/mol. The molecule has 7 heteroatoms. The molecule has 1 saturated heterocycles. The summed E-state index contributed by atoms with van der Waals surface area (Å²) in [7, 11) is 1.29. The van der Waals surface area contributed by atoms with E-state index in [1.807, 2.05) is 60.5 Å². The topological polar surface area (TPSA) is 71.0 Å². The predicted octanol–water partition coefficient (Wildman–Crippen LogP) is 6.14. The molecule has 2 aromatic carbocycles. The average Bonchev–Trinajstić information content (AvgIpc) is 3.35. The maximum Gasteiger partial charge on any atom is 0.407 e. The molecular formula is C27H32BrN3O3. The fraction of sp³-hybridized carbons (Fsp3) is 0.370. The molecule has 6 nitrogen and oxygen atoms in total. The third-order valence-corrected chi connectivity index (χ3v) is 6.53. The number of benzene rings is 2. The molecule has 1 fully saturated rings. The fourth-order valence-corrected chi connectivity index (χ4v) is 4.49. The molecule has 180 valence electrons. The highest BCUT2D eigenvalue weighted by molar-refractivity contribution is 9.10. The molecule has 1 aliphatic heterocycles. The number of methoxy groups -OCH3 is 1. The summed E-state index contributed by atoms with van der Waals surface area (Å²) in [6.45, 7) is 4.75. The van der Waals surface area contributed by atoms with Gasteiger partial charge in [0, 0.05) is 22.9 Å². The lowest BCUT2D eigenvalue weighted by atomic mass is 10.0. The van der Waals surface area contributed by atoms with Crippen LogP contribution in [0.2, 0.25) is 0 Å². The number of nitrogens with zero attached hydrogens (tertiary/aromatic N) is 2. The Labute approximate surface area is 210 Å². The van der Waals surface area contributed by atoms with Gasteiger partial charge in [-0.25, -0.2) is 4.79 Å². The Morgan fingerprint density at radius 3 is 2.56 bits per heavy atom. The number of carbonyl (C=O) groups is 2. The number of rotatable bonds is 8. The van der Waals surface area contributed by atoms with Crippen molar-refractivity contribution >= 4 is 39.2 Å². The second-order valence-corrected chi connectivity index (χ2v) is 9.27. The maximum atomic E-state index is 13.6. The van der Waals surface area contributed by atoms with Crippen molar-refractivity contribution in [2.24, 2.45) is 4.99 Å². The van der Waals surface area contributed by atoms with Crippen molar-refractivity contribution in [2.45, 2.75) is 51.6 Å². The fourth-order valence-electron chi connectivity index (χ4n) is 4.22. The van der Waals surface area contributed by atoms with Gasteiger partial charge in [0.2, 0.25) is 5.91 Å². The molecule has 0 aliphatic carbocycles. The van der Waals surface area contributed by atoms with E-state index >= 15 is 0 Å². The van der Waals surface area contributed by atoms with Gasteiger partial charge in [0.15, 0.2) is 0 Å². The van der Waals surface area contributed by atoms with E-state index in [-0.39, 0.29) is 11.9 Å². The van der Waals surface area contributed by atoms with E-state index in [0.29, 0.717) is 6.54 Å². The predicted molar refractivity (Wildman–Crippen MR) is 140 cm³/mol. The Bertz CT molecular complexity index is 1030. The minimum Gasteiger partial charge on any atom is -0.453 e. The second-order valence-electron chi connectivity index (χ2n) is 8.35. The van der Waals surface area contributed by atoms with Gasteiger partial charge in [0.1, 0.15) is 6.04 Å². The molecule has 0 saturated carbocycles. The number of nitrogens with one attached hydrogen (secondary N) is 1. The summed E-state index contributed by atoms with van der Waals surface area (Å²) in [4.78, 5) is 32.2. The van der Waals surface area contributed by atoms with E-state index in [0.717, 1.165) is 47.0 Å². The van der Waals surface area contributed by atoms with Crippen LogP contribution in [0.15, 0.2) is 70.3 Å². The molecule has 0 aromatic heterocycles. The summed E-state index contributed by atoms with van der Waals surface area (Å²) in [5.41, 5.74) is 3.92. The second kappa shape index (κ2) is 12.5. The van der Waals surface area contributed by atoms with Crippen LogP contribution in [0, 0.1) is 0 Å². The van der Waals surface area contributed by atoms with Crippen LogP contribution < -0.4 is 5.32 Å². The Balaban J connectivity index is 1.84.